The number of benzene rings is 1. The van der Waals surface area contributed by atoms with Gasteiger partial charge in [-0.2, -0.15) is 0 Å². The minimum atomic E-state index is -1.31. The number of ether oxygens (including phenoxy) is 2. The molecular weight excluding hydrogens is 520 g/mol. The van der Waals surface area contributed by atoms with Crippen molar-refractivity contribution in [2.45, 2.75) is 125 Å². The molecule has 4 aliphatic carbocycles. The molecule has 0 aliphatic heterocycles. The summed E-state index contributed by atoms with van der Waals surface area (Å²) in [4.78, 5) is 10.9. The van der Waals surface area contributed by atoms with E-state index in [4.69, 9.17) is 14.6 Å². The summed E-state index contributed by atoms with van der Waals surface area (Å²) in [6.07, 6.45) is 20.3. The summed E-state index contributed by atoms with van der Waals surface area (Å²) >= 11 is 0. The van der Waals surface area contributed by atoms with E-state index in [9.17, 15) is 4.79 Å². The molecule has 1 aromatic rings. The van der Waals surface area contributed by atoms with Gasteiger partial charge in [0.25, 0.3) is 0 Å². The molecule has 0 spiro atoms. The van der Waals surface area contributed by atoms with E-state index in [1.165, 1.54) is 77.0 Å². The summed E-state index contributed by atoms with van der Waals surface area (Å²) in [6, 6.07) is 7.02. The highest BCUT2D eigenvalue weighted by atomic mass is 16.7. The maximum Gasteiger partial charge on any atom is 0.511 e. The lowest BCUT2D eigenvalue weighted by molar-refractivity contribution is -0.0529. The van der Waals surface area contributed by atoms with Crippen LogP contribution >= 0.6 is 0 Å². The van der Waals surface area contributed by atoms with Gasteiger partial charge < -0.3 is 14.6 Å². The monoisotopic (exact) mass is 578 g/mol. The Balaban J connectivity index is 1.12. The maximum atomic E-state index is 10.9. The van der Waals surface area contributed by atoms with Crippen molar-refractivity contribution >= 4 is 6.16 Å². The first-order chi connectivity index (χ1) is 20.1. The average molecular weight is 579 g/mol. The second kappa shape index (κ2) is 13.3. The van der Waals surface area contributed by atoms with Gasteiger partial charge in [0.05, 0.1) is 6.61 Å². The third kappa shape index (κ3) is 6.58. The number of carbonyl (C=O) groups is 1. The van der Waals surface area contributed by atoms with Crippen LogP contribution in [-0.2, 0) is 0 Å². The smallest absolute Gasteiger partial charge is 0.490 e. The van der Waals surface area contributed by atoms with Crippen molar-refractivity contribution in [3.63, 3.8) is 0 Å². The van der Waals surface area contributed by atoms with Crippen molar-refractivity contribution in [2.24, 2.45) is 52.3 Å². The van der Waals surface area contributed by atoms with Crippen molar-refractivity contribution in [1.82, 2.24) is 0 Å². The third-order valence-corrected chi connectivity index (χ3v) is 12.7. The molecular formula is C38H58O4. The Morgan fingerprint density at radius 1 is 0.952 bits per heavy atom. The Morgan fingerprint density at radius 3 is 2.50 bits per heavy atom. The van der Waals surface area contributed by atoms with Crippen LogP contribution in [-0.4, -0.2) is 17.9 Å². The summed E-state index contributed by atoms with van der Waals surface area (Å²) in [7, 11) is 0. The number of hydrogen-bond donors (Lipinski definition) is 1. The molecule has 3 saturated carbocycles. The van der Waals surface area contributed by atoms with Gasteiger partial charge in [0.1, 0.15) is 0 Å². The number of para-hydroxylation sites is 2. The van der Waals surface area contributed by atoms with E-state index in [1.54, 1.807) is 23.8 Å². The molecule has 0 saturated heterocycles. The first kappa shape index (κ1) is 31.5. The zero-order valence-corrected chi connectivity index (χ0v) is 27.2. The van der Waals surface area contributed by atoms with Crippen molar-refractivity contribution in [1.29, 1.82) is 0 Å². The number of carboxylic acid groups (broad SMARTS) is 1. The number of unbranched alkanes of at least 4 members (excludes halogenated alkanes) is 1. The van der Waals surface area contributed by atoms with E-state index in [1.807, 2.05) is 6.07 Å². The number of hydrogen-bond acceptors (Lipinski definition) is 3. The minimum Gasteiger partial charge on any atom is -0.490 e. The molecule has 0 bridgehead atoms. The Kier molecular flexibility index (Phi) is 10.00. The van der Waals surface area contributed by atoms with Gasteiger partial charge in [0.15, 0.2) is 11.5 Å². The molecule has 42 heavy (non-hydrogen) atoms. The molecule has 4 aliphatic rings. The molecule has 0 aromatic heterocycles. The van der Waals surface area contributed by atoms with Gasteiger partial charge in [0, 0.05) is 0 Å². The molecule has 8 atom stereocenters. The number of fused-ring (bicyclic) bond motifs is 5. The fraction of sp³-hybridized carbons (Fsp3) is 0.763. The summed E-state index contributed by atoms with van der Waals surface area (Å²) in [5.41, 5.74) is 2.80. The van der Waals surface area contributed by atoms with E-state index in [-0.39, 0.29) is 5.75 Å². The molecule has 0 radical (unpaired) electrons. The molecule has 0 heterocycles. The van der Waals surface area contributed by atoms with E-state index >= 15 is 0 Å². The molecule has 0 amide bonds. The van der Waals surface area contributed by atoms with Gasteiger partial charge in [-0.3, -0.25) is 0 Å². The quantitative estimate of drug-likeness (QED) is 0.116. The minimum absolute atomic E-state index is 0.270. The van der Waals surface area contributed by atoms with Crippen LogP contribution in [0, 0.1) is 52.3 Å². The van der Waals surface area contributed by atoms with Crippen LogP contribution in [0.2, 0.25) is 0 Å². The van der Waals surface area contributed by atoms with Gasteiger partial charge in [-0.15, -0.1) is 0 Å². The first-order valence-electron chi connectivity index (χ1n) is 17.4. The van der Waals surface area contributed by atoms with E-state index in [2.05, 4.69) is 40.7 Å². The summed E-state index contributed by atoms with van der Waals surface area (Å²) < 4.78 is 10.7. The van der Waals surface area contributed by atoms with Crippen LogP contribution in [0.5, 0.6) is 11.5 Å². The Bertz CT molecular complexity index is 1090. The van der Waals surface area contributed by atoms with E-state index < -0.39 is 6.16 Å². The lowest BCUT2D eigenvalue weighted by Crippen LogP contribution is -2.50. The predicted molar refractivity (Wildman–Crippen MR) is 171 cm³/mol. The van der Waals surface area contributed by atoms with Crippen molar-refractivity contribution in [3.8, 4) is 11.5 Å². The SMILES string of the molecule is CC(C)CCC[C@@H](C)[C@H]1CCC2C3CC=C4CC(CCCCOc5ccccc5OC(=O)O)CC[C@]4(C)C3CC[C@@]21C. The van der Waals surface area contributed by atoms with E-state index in [0.29, 0.717) is 23.2 Å². The van der Waals surface area contributed by atoms with E-state index in [0.717, 1.165) is 54.3 Å². The summed E-state index contributed by atoms with van der Waals surface area (Å²) in [6.45, 7) is 13.3. The maximum absolute atomic E-state index is 10.9. The van der Waals surface area contributed by atoms with Crippen molar-refractivity contribution in [2.75, 3.05) is 6.61 Å². The molecule has 1 aromatic carbocycles. The normalized spacial score (nSPS) is 34.6. The van der Waals surface area contributed by atoms with Crippen LogP contribution in [0.4, 0.5) is 4.79 Å². The lowest BCUT2D eigenvalue weighted by atomic mass is 9.46. The van der Waals surface area contributed by atoms with Gasteiger partial charge in [-0.1, -0.05) is 84.1 Å². The van der Waals surface area contributed by atoms with Gasteiger partial charge in [-0.25, -0.2) is 4.79 Å². The lowest BCUT2D eigenvalue weighted by Gasteiger charge is -2.58. The van der Waals surface area contributed by atoms with Gasteiger partial charge in [0.2, 0.25) is 0 Å². The fourth-order valence-corrected chi connectivity index (χ4v) is 10.5. The predicted octanol–water partition coefficient (Wildman–Crippen LogP) is 11.0. The summed E-state index contributed by atoms with van der Waals surface area (Å²) in [5, 5.41) is 8.95. The molecule has 234 valence electrons. The second-order valence-electron chi connectivity index (χ2n) is 15.6. The average Bonchev–Trinajstić information content (AvgIpc) is 3.30. The highest BCUT2D eigenvalue weighted by Crippen LogP contribution is 2.67. The largest absolute Gasteiger partial charge is 0.511 e. The molecule has 1 N–H and O–H groups in total. The third-order valence-electron chi connectivity index (χ3n) is 12.7. The summed E-state index contributed by atoms with van der Waals surface area (Å²) in [5.74, 6) is 6.97. The molecule has 4 unspecified atom stereocenters. The molecule has 5 rings (SSSR count). The highest BCUT2D eigenvalue weighted by molar-refractivity contribution is 5.62. The van der Waals surface area contributed by atoms with Crippen LogP contribution < -0.4 is 9.47 Å². The van der Waals surface area contributed by atoms with Crippen LogP contribution in [0.1, 0.15) is 125 Å². The standard InChI is InChI=1S/C38H58O4/c1-26(2)11-10-12-27(3)31-18-19-32-30-17-16-29-25-28(20-22-37(29,4)33(30)21-23-38(31,32)5)13-8-9-24-41-34-14-6-7-15-35(34)42-36(39)40/h6-7,14-16,26-28,30-33H,8-13,17-25H2,1-5H3,(H,39,40)/t27-,28?,30?,31-,32?,33?,37+,38-/m1/s1. The Morgan fingerprint density at radius 2 is 1.74 bits per heavy atom. The highest BCUT2D eigenvalue weighted by Gasteiger charge is 2.59. The molecule has 3 fully saturated rings. The fourth-order valence-electron chi connectivity index (χ4n) is 10.5. The molecule has 4 nitrogen and oxygen atoms in total. The van der Waals surface area contributed by atoms with Crippen molar-refractivity contribution in [3.05, 3.63) is 35.9 Å². The Hall–Kier alpha value is -1.97. The first-order valence-corrected chi connectivity index (χ1v) is 17.4. The Labute approximate surface area is 256 Å². The van der Waals surface area contributed by atoms with Gasteiger partial charge in [-0.05, 0) is 129 Å². The molecule has 4 heteroatoms. The number of rotatable bonds is 12. The zero-order chi connectivity index (χ0) is 29.9. The van der Waals surface area contributed by atoms with Crippen LogP contribution in [0.3, 0.4) is 0 Å². The van der Waals surface area contributed by atoms with Crippen molar-refractivity contribution < 1.29 is 19.4 Å². The topological polar surface area (TPSA) is 55.8 Å². The second-order valence-corrected chi connectivity index (χ2v) is 15.6. The van der Waals surface area contributed by atoms with Gasteiger partial charge >= 0.3 is 6.16 Å². The van der Waals surface area contributed by atoms with Crippen LogP contribution in [0.25, 0.3) is 0 Å². The number of allylic oxidation sites excluding steroid dienone is 2. The zero-order valence-electron chi connectivity index (χ0n) is 27.2. The van der Waals surface area contributed by atoms with Crippen LogP contribution in [0.15, 0.2) is 35.9 Å².